The van der Waals surface area contributed by atoms with Crippen molar-refractivity contribution in [3.63, 3.8) is 0 Å². The molecule has 0 N–H and O–H groups in total. The van der Waals surface area contributed by atoms with Gasteiger partial charge in [0, 0.05) is 27.8 Å². The predicted molar refractivity (Wildman–Crippen MR) is 263 cm³/mol. The minimum absolute atomic E-state index is 0.891. The smallest absolute Gasteiger partial charge is 0.136 e. The van der Waals surface area contributed by atoms with Gasteiger partial charge in [-0.05, 0) is 125 Å². The Balaban J connectivity index is 0.971. The van der Waals surface area contributed by atoms with Gasteiger partial charge in [0.25, 0.3) is 0 Å². The molecule has 12 aromatic rings. The van der Waals surface area contributed by atoms with E-state index in [1.54, 1.807) is 0 Å². The van der Waals surface area contributed by atoms with Crippen molar-refractivity contribution in [2.75, 3.05) is 4.90 Å². The van der Waals surface area contributed by atoms with E-state index in [1.165, 1.54) is 65.7 Å². The summed E-state index contributed by atoms with van der Waals surface area (Å²) in [5.41, 5.74) is 14.5. The zero-order chi connectivity index (χ0) is 41.0. The van der Waals surface area contributed by atoms with E-state index < -0.39 is 0 Å². The van der Waals surface area contributed by atoms with E-state index in [0.717, 1.165) is 50.1 Å². The third-order valence-corrected chi connectivity index (χ3v) is 12.5. The zero-order valence-corrected chi connectivity index (χ0v) is 33.9. The number of para-hydroxylation sites is 1. The molecular weight excluding hydrogens is 751 g/mol. The Kier molecular flexibility index (Phi) is 8.53. The Morgan fingerprint density at radius 1 is 0.258 bits per heavy atom. The Morgan fingerprint density at radius 2 is 0.758 bits per heavy atom. The normalized spacial score (nSPS) is 11.5. The van der Waals surface area contributed by atoms with E-state index >= 15 is 0 Å². The Morgan fingerprint density at radius 3 is 1.52 bits per heavy atom. The summed E-state index contributed by atoms with van der Waals surface area (Å²) >= 11 is 0. The van der Waals surface area contributed by atoms with Crippen LogP contribution in [0.2, 0.25) is 0 Å². The Bertz CT molecular complexity index is 3630. The number of rotatable bonds is 7. The van der Waals surface area contributed by atoms with Crippen molar-refractivity contribution in [1.29, 1.82) is 0 Å². The lowest BCUT2D eigenvalue weighted by atomic mass is 9.94. The van der Waals surface area contributed by atoms with Crippen LogP contribution in [-0.4, -0.2) is 0 Å². The quantitative estimate of drug-likeness (QED) is 0.150. The molecule has 2 nitrogen and oxygen atoms in total. The molecule has 0 unspecified atom stereocenters. The highest BCUT2D eigenvalue weighted by Gasteiger charge is 2.18. The van der Waals surface area contributed by atoms with Crippen LogP contribution in [0.5, 0.6) is 0 Å². The van der Waals surface area contributed by atoms with E-state index in [1.807, 2.05) is 12.1 Å². The third kappa shape index (κ3) is 6.12. The number of hydrogen-bond donors (Lipinski definition) is 0. The van der Waals surface area contributed by atoms with Crippen LogP contribution < -0.4 is 4.90 Å². The first-order valence-corrected chi connectivity index (χ1v) is 21.2. The lowest BCUT2D eigenvalue weighted by Gasteiger charge is -2.27. The molecule has 290 valence electrons. The molecule has 0 aliphatic heterocycles. The maximum absolute atomic E-state index is 6.32. The van der Waals surface area contributed by atoms with E-state index in [2.05, 4.69) is 229 Å². The van der Waals surface area contributed by atoms with Gasteiger partial charge in [0.15, 0.2) is 0 Å². The van der Waals surface area contributed by atoms with E-state index in [-0.39, 0.29) is 0 Å². The van der Waals surface area contributed by atoms with Crippen LogP contribution in [0.25, 0.3) is 98.8 Å². The van der Waals surface area contributed by atoms with Gasteiger partial charge in [0.2, 0.25) is 0 Å². The predicted octanol–water partition coefficient (Wildman–Crippen LogP) is 17.2. The molecule has 2 heteroatoms. The van der Waals surface area contributed by atoms with Gasteiger partial charge >= 0.3 is 0 Å². The van der Waals surface area contributed by atoms with Crippen molar-refractivity contribution in [3.05, 3.63) is 237 Å². The first kappa shape index (κ1) is 35.7. The fourth-order valence-corrected chi connectivity index (χ4v) is 9.50. The maximum atomic E-state index is 6.32. The summed E-state index contributed by atoms with van der Waals surface area (Å²) in [6, 6.07) is 85.5. The fourth-order valence-electron chi connectivity index (χ4n) is 9.50. The average molecular weight is 790 g/mol. The van der Waals surface area contributed by atoms with Crippen molar-refractivity contribution in [2.24, 2.45) is 0 Å². The molecule has 11 aromatic carbocycles. The minimum Gasteiger partial charge on any atom is -0.456 e. The zero-order valence-electron chi connectivity index (χ0n) is 33.9. The van der Waals surface area contributed by atoms with E-state index in [0.29, 0.717) is 0 Å². The van der Waals surface area contributed by atoms with Gasteiger partial charge in [-0.25, -0.2) is 0 Å². The highest BCUT2D eigenvalue weighted by molar-refractivity contribution is 6.13. The number of nitrogens with zero attached hydrogens (tertiary/aromatic N) is 1. The molecule has 0 saturated carbocycles. The molecule has 0 amide bonds. The minimum atomic E-state index is 0.891. The van der Waals surface area contributed by atoms with Crippen molar-refractivity contribution >= 4 is 71.3 Å². The molecule has 0 bridgehead atoms. The van der Waals surface area contributed by atoms with E-state index in [4.69, 9.17) is 4.42 Å². The molecule has 12 rings (SSSR count). The number of hydrogen-bond acceptors (Lipinski definition) is 2. The highest BCUT2D eigenvalue weighted by Crippen LogP contribution is 2.43. The van der Waals surface area contributed by atoms with Crippen molar-refractivity contribution < 1.29 is 4.42 Å². The number of fused-ring (bicyclic) bond motifs is 7. The summed E-state index contributed by atoms with van der Waals surface area (Å²) in [5.74, 6) is 0. The standard InChI is InChI=1S/C60H39NO/c1-3-19-50-42(12-1)14-9-22-51(50)44-30-28-40(29-31-44)41-32-35-47(36-33-41)61(49-18-8-16-46(39-49)54-24-11-27-59-60(54)57-21-5-6-26-58(57)62-59)48-17-7-15-45(38-48)53-23-10-25-55-52-20-4-2-13-43(52)34-37-56(53)55/h1-39H. The fraction of sp³-hybridized carbons (Fsp3) is 0. The molecular formula is C60H39NO. The van der Waals surface area contributed by atoms with Crippen LogP contribution in [0.4, 0.5) is 17.1 Å². The van der Waals surface area contributed by atoms with Crippen LogP contribution in [-0.2, 0) is 0 Å². The van der Waals surface area contributed by atoms with Crippen LogP contribution in [0, 0.1) is 0 Å². The monoisotopic (exact) mass is 789 g/mol. The van der Waals surface area contributed by atoms with Gasteiger partial charge < -0.3 is 9.32 Å². The molecule has 1 heterocycles. The second kappa shape index (κ2) is 14.8. The third-order valence-electron chi connectivity index (χ3n) is 12.5. The van der Waals surface area contributed by atoms with Gasteiger partial charge in [0.1, 0.15) is 11.2 Å². The molecule has 0 aliphatic carbocycles. The Hall–Kier alpha value is -8.20. The topological polar surface area (TPSA) is 16.4 Å². The van der Waals surface area contributed by atoms with Crippen LogP contribution in [0.3, 0.4) is 0 Å². The number of anilines is 3. The summed E-state index contributed by atoms with van der Waals surface area (Å²) in [7, 11) is 0. The van der Waals surface area contributed by atoms with Gasteiger partial charge in [0.05, 0.1) is 0 Å². The second-order valence-electron chi connectivity index (χ2n) is 16.1. The average Bonchev–Trinajstić information content (AvgIpc) is 3.73. The summed E-state index contributed by atoms with van der Waals surface area (Å²) in [6.45, 7) is 0. The molecule has 1 aromatic heterocycles. The van der Waals surface area contributed by atoms with Crippen LogP contribution in [0.1, 0.15) is 0 Å². The number of benzene rings is 11. The van der Waals surface area contributed by atoms with Gasteiger partial charge in [-0.15, -0.1) is 0 Å². The van der Waals surface area contributed by atoms with Gasteiger partial charge in [-0.1, -0.05) is 188 Å². The lowest BCUT2D eigenvalue weighted by molar-refractivity contribution is 0.669. The lowest BCUT2D eigenvalue weighted by Crippen LogP contribution is -2.10. The summed E-state index contributed by atoms with van der Waals surface area (Å²) in [5, 5.41) is 9.80. The molecule has 0 atom stereocenters. The molecule has 0 radical (unpaired) electrons. The maximum Gasteiger partial charge on any atom is 0.136 e. The first-order chi connectivity index (χ1) is 30.7. The van der Waals surface area contributed by atoms with E-state index in [9.17, 15) is 0 Å². The summed E-state index contributed by atoms with van der Waals surface area (Å²) in [4.78, 5) is 2.38. The Labute approximate surface area is 360 Å². The number of furan rings is 1. The second-order valence-corrected chi connectivity index (χ2v) is 16.1. The van der Waals surface area contributed by atoms with Crippen molar-refractivity contribution in [3.8, 4) is 44.5 Å². The summed E-state index contributed by atoms with van der Waals surface area (Å²) < 4.78 is 6.32. The first-order valence-electron chi connectivity index (χ1n) is 21.2. The van der Waals surface area contributed by atoms with Crippen LogP contribution in [0.15, 0.2) is 241 Å². The van der Waals surface area contributed by atoms with Gasteiger partial charge in [-0.3, -0.25) is 0 Å². The SMILES string of the molecule is c1cc(-c2cccc3c2ccc2ccccc23)cc(N(c2ccc(-c3ccc(-c4cccc5ccccc45)cc3)cc2)c2cccc(-c3cccc4oc5ccccc5c34)c2)c1. The van der Waals surface area contributed by atoms with Crippen molar-refractivity contribution in [2.45, 2.75) is 0 Å². The van der Waals surface area contributed by atoms with Crippen LogP contribution >= 0.6 is 0 Å². The molecule has 0 saturated heterocycles. The van der Waals surface area contributed by atoms with Crippen molar-refractivity contribution in [1.82, 2.24) is 0 Å². The largest absolute Gasteiger partial charge is 0.456 e. The molecule has 62 heavy (non-hydrogen) atoms. The highest BCUT2D eigenvalue weighted by atomic mass is 16.3. The molecule has 0 fully saturated rings. The molecule has 0 aliphatic rings. The van der Waals surface area contributed by atoms with Gasteiger partial charge in [-0.2, -0.15) is 0 Å². The summed E-state index contributed by atoms with van der Waals surface area (Å²) in [6.07, 6.45) is 0. The molecule has 0 spiro atoms.